The monoisotopic (exact) mass is 242 g/mol. The van der Waals surface area contributed by atoms with Crippen LogP contribution in [0.1, 0.15) is 18.4 Å². The van der Waals surface area contributed by atoms with Gasteiger partial charge in [0.25, 0.3) is 0 Å². The topological polar surface area (TPSA) is 74.6 Å². The number of sulfone groups is 1. The van der Waals surface area contributed by atoms with Gasteiger partial charge in [-0.15, -0.1) is 0 Å². The summed E-state index contributed by atoms with van der Waals surface area (Å²) >= 11 is 0. The number of aliphatic hydroxyl groups excluding tert-OH is 1. The van der Waals surface area contributed by atoms with Crippen LogP contribution < -0.4 is 0 Å². The summed E-state index contributed by atoms with van der Waals surface area (Å²) in [6, 6.07) is 6.31. The Morgan fingerprint density at radius 2 is 1.75 bits per heavy atom. The predicted octanol–water partition coefficient (Wildman–Crippen LogP) is 0.476. The standard InChI is InChI=1S/C11H14O4S/c12-11(13)7-8-1-3-9(4-2-8)16(14,15)10-5-6-10/h1-4,10-13H,5-7H2. The van der Waals surface area contributed by atoms with Crippen molar-refractivity contribution in [3.8, 4) is 0 Å². The average molecular weight is 242 g/mol. The van der Waals surface area contributed by atoms with E-state index in [1.807, 2.05) is 0 Å². The summed E-state index contributed by atoms with van der Waals surface area (Å²) in [5.74, 6) is 0. The van der Waals surface area contributed by atoms with Gasteiger partial charge in [-0.3, -0.25) is 0 Å². The Labute approximate surface area is 94.5 Å². The van der Waals surface area contributed by atoms with Crippen molar-refractivity contribution < 1.29 is 18.6 Å². The van der Waals surface area contributed by atoms with Gasteiger partial charge in [-0.1, -0.05) is 12.1 Å². The van der Waals surface area contributed by atoms with E-state index in [-0.39, 0.29) is 11.7 Å². The number of benzene rings is 1. The van der Waals surface area contributed by atoms with E-state index in [9.17, 15) is 8.42 Å². The van der Waals surface area contributed by atoms with Crippen molar-refractivity contribution in [3.63, 3.8) is 0 Å². The molecule has 1 fully saturated rings. The Morgan fingerprint density at radius 1 is 1.19 bits per heavy atom. The first-order chi connectivity index (χ1) is 7.50. The minimum absolute atomic E-state index is 0.115. The van der Waals surface area contributed by atoms with Crippen LogP contribution in [0.3, 0.4) is 0 Å². The summed E-state index contributed by atoms with van der Waals surface area (Å²) in [6.07, 6.45) is 0.216. The van der Waals surface area contributed by atoms with E-state index in [4.69, 9.17) is 10.2 Å². The molecule has 0 bridgehead atoms. The van der Waals surface area contributed by atoms with Crippen molar-refractivity contribution in [2.45, 2.75) is 35.7 Å². The average Bonchev–Trinajstić information content (AvgIpc) is 3.00. The molecule has 2 N–H and O–H groups in total. The van der Waals surface area contributed by atoms with Crippen LogP contribution in [0.15, 0.2) is 29.2 Å². The largest absolute Gasteiger partial charge is 0.368 e. The van der Waals surface area contributed by atoms with Crippen LogP contribution in [-0.2, 0) is 16.3 Å². The summed E-state index contributed by atoms with van der Waals surface area (Å²) in [4.78, 5) is 0.325. The Morgan fingerprint density at radius 3 is 2.19 bits per heavy atom. The Bertz CT molecular complexity index is 457. The van der Waals surface area contributed by atoms with Crippen molar-refractivity contribution in [1.82, 2.24) is 0 Å². The van der Waals surface area contributed by atoms with Crippen LogP contribution >= 0.6 is 0 Å². The molecule has 1 aromatic carbocycles. The van der Waals surface area contributed by atoms with Crippen LogP contribution in [0.4, 0.5) is 0 Å². The number of rotatable bonds is 4. The fraction of sp³-hybridized carbons (Fsp3) is 0.455. The third-order valence-electron chi connectivity index (χ3n) is 2.63. The maximum atomic E-state index is 11.8. The van der Waals surface area contributed by atoms with Crippen LogP contribution in [0, 0.1) is 0 Å². The fourth-order valence-corrected chi connectivity index (χ4v) is 3.25. The van der Waals surface area contributed by atoms with E-state index in [0.29, 0.717) is 10.5 Å². The maximum Gasteiger partial charge on any atom is 0.181 e. The van der Waals surface area contributed by atoms with E-state index in [2.05, 4.69) is 0 Å². The first kappa shape index (κ1) is 11.6. The Kier molecular flexibility index (Phi) is 3.01. The normalized spacial score (nSPS) is 16.7. The first-order valence-corrected chi connectivity index (χ1v) is 6.74. The summed E-state index contributed by atoms with van der Waals surface area (Å²) < 4.78 is 23.7. The van der Waals surface area contributed by atoms with E-state index in [1.54, 1.807) is 12.1 Å². The molecule has 0 atom stereocenters. The molecule has 1 aliphatic carbocycles. The van der Waals surface area contributed by atoms with E-state index in [0.717, 1.165) is 12.8 Å². The highest BCUT2D eigenvalue weighted by atomic mass is 32.2. The SMILES string of the molecule is O=S(=O)(c1ccc(CC(O)O)cc1)C1CC1. The van der Waals surface area contributed by atoms with Gasteiger partial charge in [0, 0.05) is 6.42 Å². The molecule has 0 saturated heterocycles. The van der Waals surface area contributed by atoms with E-state index >= 15 is 0 Å². The molecule has 16 heavy (non-hydrogen) atoms. The second-order valence-corrected chi connectivity index (χ2v) is 6.30. The quantitative estimate of drug-likeness (QED) is 0.753. The number of hydrogen-bond acceptors (Lipinski definition) is 4. The third kappa shape index (κ3) is 2.42. The van der Waals surface area contributed by atoms with Gasteiger partial charge in [0.1, 0.15) is 0 Å². The summed E-state index contributed by atoms with van der Waals surface area (Å²) in [6.45, 7) is 0. The van der Waals surface area contributed by atoms with Crippen LogP contribution in [0.2, 0.25) is 0 Å². The lowest BCUT2D eigenvalue weighted by molar-refractivity contribution is -0.0381. The highest BCUT2D eigenvalue weighted by Crippen LogP contribution is 2.33. The van der Waals surface area contributed by atoms with Crippen LogP contribution in [-0.4, -0.2) is 30.2 Å². The van der Waals surface area contributed by atoms with Gasteiger partial charge in [-0.2, -0.15) is 0 Å². The zero-order valence-corrected chi connectivity index (χ0v) is 9.52. The maximum absolute atomic E-state index is 11.8. The molecule has 0 aliphatic heterocycles. The lowest BCUT2D eigenvalue weighted by Crippen LogP contribution is -2.09. The van der Waals surface area contributed by atoms with E-state index in [1.165, 1.54) is 12.1 Å². The Hall–Kier alpha value is -0.910. The summed E-state index contributed by atoms with van der Waals surface area (Å²) in [5.41, 5.74) is 0.713. The first-order valence-electron chi connectivity index (χ1n) is 5.19. The minimum Gasteiger partial charge on any atom is -0.368 e. The number of aliphatic hydroxyl groups is 2. The third-order valence-corrected chi connectivity index (χ3v) is 4.91. The van der Waals surface area contributed by atoms with Crippen LogP contribution in [0.25, 0.3) is 0 Å². The van der Waals surface area contributed by atoms with Gasteiger partial charge in [0.2, 0.25) is 0 Å². The molecule has 5 heteroatoms. The molecule has 88 valence electrons. The molecule has 0 heterocycles. The lowest BCUT2D eigenvalue weighted by atomic mass is 10.1. The van der Waals surface area contributed by atoms with Gasteiger partial charge in [-0.25, -0.2) is 8.42 Å². The molecule has 2 rings (SSSR count). The smallest absolute Gasteiger partial charge is 0.181 e. The van der Waals surface area contributed by atoms with Gasteiger partial charge < -0.3 is 10.2 Å². The molecule has 1 saturated carbocycles. The van der Waals surface area contributed by atoms with Crippen molar-refractivity contribution in [2.75, 3.05) is 0 Å². The Balaban J connectivity index is 2.19. The number of hydrogen-bond donors (Lipinski definition) is 2. The van der Waals surface area contributed by atoms with Crippen molar-refractivity contribution in [2.24, 2.45) is 0 Å². The second kappa shape index (κ2) is 4.16. The van der Waals surface area contributed by atoms with Gasteiger partial charge in [-0.05, 0) is 30.5 Å². The molecule has 0 spiro atoms. The van der Waals surface area contributed by atoms with Gasteiger partial charge in [0.05, 0.1) is 10.1 Å². The predicted molar refractivity (Wildman–Crippen MR) is 58.6 cm³/mol. The minimum atomic E-state index is -3.14. The zero-order valence-electron chi connectivity index (χ0n) is 8.70. The molecule has 0 unspecified atom stereocenters. The van der Waals surface area contributed by atoms with Crippen LogP contribution in [0.5, 0.6) is 0 Å². The highest BCUT2D eigenvalue weighted by molar-refractivity contribution is 7.92. The molecule has 4 nitrogen and oxygen atoms in total. The highest BCUT2D eigenvalue weighted by Gasteiger charge is 2.36. The molecule has 1 aliphatic rings. The molecular formula is C11H14O4S. The second-order valence-electron chi connectivity index (χ2n) is 4.07. The zero-order chi connectivity index (χ0) is 11.8. The van der Waals surface area contributed by atoms with Gasteiger partial charge in [0.15, 0.2) is 16.1 Å². The van der Waals surface area contributed by atoms with Crippen molar-refractivity contribution >= 4 is 9.84 Å². The molecule has 0 radical (unpaired) electrons. The van der Waals surface area contributed by atoms with Gasteiger partial charge >= 0.3 is 0 Å². The molecule has 0 amide bonds. The summed E-state index contributed by atoms with van der Waals surface area (Å²) in [7, 11) is -3.14. The molecular weight excluding hydrogens is 228 g/mol. The van der Waals surface area contributed by atoms with E-state index < -0.39 is 16.1 Å². The molecule has 0 aromatic heterocycles. The van der Waals surface area contributed by atoms with Crippen molar-refractivity contribution in [3.05, 3.63) is 29.8 Å². The lowest BCUT2D eigenvalue weighted by Gasteiger charge is -2.06. The summed E-state index contributed by atoms with van der Waals surface area (Å²) in [5, 5.41) is 17.3. The van der Waals surface area contributed by atoms with Crippen molar-refractivity contribution in [1.29, 1.82) is 0 Å². The molecule has 1 aromatic rings. The fourth-order valence-electron chi connectivity index (χ4n) is 1.60.